The van der Waals surface area contributed by atoms with Crippen molar-refractivity contribution in [2.24, 2.45) is 7.05 Å². The molecule has 1 aromatic heterocycles. The Morgan fingerprint density at radius 1 is 1.00 bits per heavy atom. The van der Waals surface area contributed by atoms with Crippen LogP contribution in [0.2, 0.25) is 0 Å². The molecular weight excluding hydrogens is 304 g/mol. The molecule has 124 valence electrons. The summed E-state index contributed by atoms with van der Waals surface area (Å²) in [5.41, 5.74) is 4.18. The SMILES string of the molecule is Cc1ccc(C)c(OC(=O)Cn2c(=O)n(C)c3ccccc32)c1C. The van der Waals surface area contributed by atoms with Crippen LogP contribution in [0.3, 0.4) is 0 Å². The van der Waals surface area contributed by atoms with E-state index >= 15 is 0 Å². The number of ether oxygens (including phenoxy) is 1. The molecule has 0 aliphatic heterocycles. The van der Waals surface area contributed by atoms with Crippen LogP contribution in [0.1, 0.15) is 16.7 Å². The van der Waals surface area contributed by atoms with Crippen LogP contribution in [0.25, 0.3) is 11.0 Å². The lowest BCUT2D eigenvalue weighted by Crippen LogP contribution is -2.27. The number of carbonyl (C=O) groups is 1. The third-order valence-electron chi connectivity index (χ3n) is 4.43. The summed E-state index contributed by atoms with van der Waals surface area (Å²) in [6, 6.07) is 11.3. The Kier molecular flexibility index (Phi) is 4.01. The molecule has 1 heterocycles. The molecule has 0 saturated carbocycles. The van der Waals surface area contributed by atoms with Crippen molar-refractivity contribution in [1.29, 1.82) is 0 Å². The number of para-hydroxylation sites is 2. The number of hydrogen-bond donors (Lipinski definition) is 0. The highest BCUT2D eigenvalue weighted by atomic mass is 16.5. The van der Waals surface area contributed by atoms with Gasteiger partial charge in [0.25, 0.3) is 0 Å². The van der Waals surface area contributed by atoms with E-state index in [4.69, 9.17) is 4.74 Å². The van der Waals surface area contributed by atoms with Crippen LogP contribution in [0, 0.1) is 20.8 Å². The van der Waals surface area contributed by atoms with Crippen LogP contribution in [0.15, 0.2) is 41.2 Å². The van der Waals surface area contributed by atoms with Gasteiger partial charge in [0.1, 0.15) is 12.3 Å². The first-order chi connectivity index (χ1) is 11.4. The van der Waals surface area contributed by atoms with Crippen molar-refractivity contribution in [3.05, 3.63) is 63.6 Å². The van der Waals surface area contributed by atoms with E-state index < -0.39 is 5.97 Å². The van der Waals surface area contributed by atoms with Gasteiger partial charge in [0.15, 0.2) is 0 Å². The van der Waals surface area contributed by atoms with Crippen molar-refractivity contribution in [3.8, 4) is 5.75 Å². The fourth-order valence-electron chi connectivity index (χ4n) is 2.87. The van der Waals surface area contributed by atoms with Crippen molar-refractivity contribution >= 4 is 17.0 Å². The molecule has 0 N–H and O–H groups in total. The summed E-state index contributed by atoms with van der Waals surface area (Å²) in [5, 5.41) is 0. The van der Waals surface area contributed by atoms with Crippen LogP contribution in [-0.2, 0) is 18.4 Å². The van der Waals surface area contributed by atoms with E-state index in [2.05, 4.69) is 0 Å². The van der Waals surface area contributed by atoms with Crippen LogP contribution in [-0.4, -0.2) is 15.1 Å². The Labute approximate surface area is 140 Å². The predicted octanol–water partition coefficient (Wildman–Crippen LogP) is 2.87. The topological polar surface area (TPSA) is 53.2 Å². The highest BCUT2D eigenvalue weighted by Crippen LogP contribution is 2.26. The Morgan fingerprint density at radius 2 is 1.62 bits per heavy atom. The lowest BCUT2D eigenvalue weighted by Gasteiger charge is -2.12. The normalized spacial score (nSPS) is 11.0. The fraction of sp³-hybridized carbons (Fsp3) is 0.263. The van der Waals surface area contributed by atoms with Gasteiger partial charge in [-0.1, -0.05) is 24.3 Å². The third kappa shape index (κ3) is 2.62. The van der Waals surface area contributed by atoms with Gasteiger partial charge in [-0.15, -0.1) is 0 Å². The second-order valence-electron chi connectivity index (χ2n) is 6.04. The molecule has 0 saturated heterocycles. The molecule has 5 heteroatoms. The van der Waals surface area contributed by atoms with Crippen molar-refractivity contribution in [2.75, 3.05) is 0 Å². The summed E-state index contributed by atoms with van der Waals surface area (Å²) in [6.07, 6.45) is 0. The fourth-order valence-corrected chi connectivity index (χ4v) is 2.87. The lowest BCUT2D eigenvalue weighted by atomic mass is 10.1. The van der Waals surface area contributed by atoms with Crippen molar-refractivity contribution in [3.63, 3.8) is 0 Å². The number of hydrogen-bond acceptors (Lipinski definition) is 3. The van der Waals surface area contributed by atoms with Gasteiger partial charge >= 0.3 is 11.7 Å². The Hall–Kier alpha value is -2.82. The third-order valence-corrected chi connectivity index (χ3v) is 4.43. The summed E-state index contributed by atoms with van der Waals surface area (Å²) in [6.45, 7) is 5.68. The number of imidazole rings is 1. The summed E-state index contributed by atoms with van der Waals surface area (Å²) < 4.78 is 8.54. The first-order valence-electron chi connectivity index (χ1n) is 7.82. The minimum Gasteiger partial charge on any atom is -0.425 e. The Balaban J connectivity index is 1.94. The minimum absolute atomic E-state index is 0.118. The van der Waals surface area contributed by atoms with E-state index in [1.54, 1.807) is 7.05 Å². The summed E-state index contributed by atoms with van der Waals surface area (Å²) in [7, 11) is 1.70. The molecule has 0 radical (unpaired) electrons. The largest absolute Gasteiger partial charge is 0.425 e. The monoisotopic (exact) mass is 324 g/mol. The van der Waals surface area contributed by atoms with Crippen LogP contribution in [0.5, 0.6) is 5.75 Å². The Morgan fingerprint density at radius 3 is 2.33 bits per heavy atom. The van der Waals surface area contributed by atoms with Gasteiger partial charge in [0.05, 0.1) is 11.0 Å². The minimum atomic E-state index is -0.453. The molecule has 3 rings (SSSR count). The quantitative estimate of drug-likeness (QED) is 0.550. The average molecular weight is 324 g/mol. The maximum absolute atomic E-state index is 12.4. The summed E-state index contributed by atoms with van der Waals surface area (Å²) in [5.74, 6) is 0.124. The summed E-state index contributed by atoms with van der Waals surface area (Å²) in [4.78, 5) is 24.8. The molecule has 0 amide bonds. The average Bonchev–Trinajstić information content (AvgIpc) is 2.81. The van der Waals surface area contributed by atoms with Crippen molar-refractivity contribution in [2.45, 2.75) is 27.3 Å². The van der Waals surface area contributed by atoms with Gasteiger partial charge in [-0.25, -0.2) is 9.59 Å². The van der Waals surface area contributed by atoms with Crippen LogP contribution in [0.4, 0.5) is 0 Å². The molecule has 0 aliphatic carbocycles. The molecule has 0 spiro atoms. The molecular formula is C19H20N2O3. The number of carbonyl (C=O) groups excluding carboxylic acids is 1. The zero-order valence-electron chi connectivity index (χ0n) is 14.3. The molecule has 0 atom stereocenters. The van der Waals surface area contributed by atoms with Gasteiger partial charge in [-0.2, -0.15) is 0 Å². The number of fused-ring (bicyclic) bond motifs is 1. The highest BCUT2D eigenvalue weighted by Gasteiger charge is 2.16. The van der Waals surface area contributed by atoms with Gasteiger partial charge in [0, 0.05) is 7.05 Å². The van der Waals surface area contributed by atoms with Gasteiger partial charge in [0.2, 0.25) is 0 Å². The number of aryl methyl sites for hydroxylation is 3. The zero-order valence-corrected chi connectivity index (χ0v) is 14.3. The maximum atomic E-state index is 12.4. The number of nitrogens with zero attached hydrogens (tertiary/aromatic N) is 2. The molecule has 5 nitrogen and oxygen atoms in total. The van der Waals surface area contributed by atoms with Crippen LogP contribution < -0.4 is 10.4 Å². The molecule has 0 aliphatic rings. The number of benzene rings is 2. The van der Waals surface area contributed by atoms with Gasteiger partial charge in [-0.05, 0) is 49.6 Å². The van der Waals surface area contributed by atoms with E-state index in [9.17, 15) is 9.59 Å². The first kappa shape index (κ1) is 16.1. The first-order valence-corrected chi connectivity index (χ1v) is 7.82. The van der Waals surface area contributed by atoms with Crippen molar-refractivity contribution < 1.29 is 9.53 Å². The molecule has 0 fully saturated rings. The highest BCUT2D eigenvalue weighted by molar-refractivity contribution is 5.79. The van der Waals surface area contributed by atoms with E-state index in [1.807, 2.05) is 57.2 Å². The number of aromatic nitrogens is 2. The Bertz CT molecular complexity index is 996. The number of esters is 1. The van der Waals surface area contributed by atoms with Crippen LogP contribution >= 0.6 is 0 Å². The number of rotatable bonds is 3. The molecule has 2 aromatic carbocycles. The lowest BCUT2D eigenvalue weighted by molar-refractivity contribution is -0.135. The molecule has 24 heavy (non-hydrogen) atoms. The van der Waals surface area contributed by atoms with E-state index in [0.717, 1.165) is 27.7 Å². The van der Waals surface area contributed by atoms with E-state index in [-0.39, 0.29) is 12.2 Å². The molecule has 3 aromatic rings. The second kappa shape index (κ2) is 6.00. The van der Waals surface area contributed by atoms with E-state index in [0.29, 0.717) is 5.75 Å². The molecule has 0 unspecified atom stereocenters. The standard InChI is InChI=1S/C19H20N2O3/c1-12-9-10-13(2)18(14(12)3)24-17(22)11-21-16-8-6-5-7-15(16)20(4)19(21)23/h5-10H,11H2,1-4H3. The predicted molar refractivity (Wildman–Crippen MR) is 93.5 cm³/mol. The van der Waals surface area contributed by atoms with Gasteiger partial charge in [-0.3, -0.25) is 9.13 Å². The molecule has 0 bridgehead atoms. The maximum Gasteiger partial charge on any atom is 0.331 e. The van der Waals surface area contributed by atoms with Crippen molar-refractivity contribution in [1.82, 2.24) is 9.13 Å². The zero-order chi connectivity index (χ0) is 17.4. The summed E-state index contributed by atoms with van der Waals surface area (Å²) >= 11 is 0. The smallest absolute Gasteiger partial charge is 0.331 e. The van der Waals surface area contributed by atoms with Gasteiger partial charge < -0.3 is 4.74 Å². The second-order valence-corrected chi connectivity index (χ2v) is 6.04. The van der Waals surface area contributed by atoms with E-state index in [1.165, 1.54) is 9.13 Å².